The van der Waals surface area contributed by atoms with Crippen LogP contribution < -0.4 is 5.32 Å². The molecule has 0 spiro atoms. The second-order valence-corrected chi connectivity index (χ2v) is 4.42. The average Bonchev–Trinajstić information content (AvgIpc) is 2.65. The summed E-state index contributed by atoms with van der Waals surface area (Å²) in [5.41, 5.74) is 0.880. The molecule has 0 saturated carbocycles. The van der Waals surface area contributed by atoms with Gasteiger partial charge in [0.05, 0.1) is 10.0 Å². The van der Waals surface area contributed by atoms with Crippen molar-refractivity contribution in [2.24, 2.45) is 0 Å². The molecular formula is C9H9Cl3N2. The van der Waals surface area contributed by atoms with Crippen molar-refractivity contribution >= 4 is 34.8 Å². The predicted octanol–water partition coefficient (Wildman–Crippen LogP) is 3.47. The average molecular weight is 252 g/mol. The minimum absolute atomic E-state index is 0.218. The molecular weight excluding hydrogens is 242 g/mol. The van der Waals surface area contributed by atoms with Gasteiger partial charge >= 0.3 is 0 Å². The SMILES string of the molecule is Clc1cnc(Cl)c(Cl)c1[C@@H]1CCCN1. The quantitative estimate of drug-likeness (QED) is 0.773. The van der Waals surface area contributed by atoms with E-state index in [2.05, 4.69) is 10.3 Å². The molecule has 2 rings (SSSR count). The number of pyridine rings is 1. The summed E-state index contributed by atoms with van der Waals surface area (Å²) in [6.45, 7) is 0.997. The number of halogens is 3. The van der Waals surface area contributed by atoms with E-state index in [4.69, 9.17) is 34.8 Å². The normalized spacial score (nSPS) is 21.5. The minimum atomic E-state index is 0.218. The van der Waals surface area contributed by atoms with Crippen molar-refractivity contribution in [2.75, 3.05) is 6.54 Å². The number of hydrogen-bond donors (Lipinski definition) is 1. The lowest BCUT2D eigenvalue weighted by Gasteiger charge is -2.14. The molecule has 1 aliphatic rings. The van der Waals surface area contributed by atoms with Crippen LogP contribution in [0.1, 0.15) is 24.4 Å². The molecule has 14 heavy (non-hydrogen) atoms. The fourth-order valence-electron chi connectivity index (χ4n) is 1.71. The Morgan fingerprint density at radius 2 is 2.14 bits per heavy atom. The topological polar surface area (TPSA) is 24.9 Å². The molecule has 1 aliphatic heterocycles. The number of hydrogen-bond acceptors (Lipinski definition) is 2. The Kier molecular flexibility index (Phi) is 3.17. The van der Waals surface area contributed by atoms with E-state index in [0.717, 1.165) is 24.9 Å². The van der Waals surface area contributed by atoms with Gasteiger partial charge in [-0.15, -0.1) is 0 Å². The summed E-state index contributed by atoms with van der Waals surface area (Å²) < 4.78 is 0. The fourth-order valence-corrected chi connectivity index (χ4v) is 2.46. The second-order valence-electron chi connectivity index (χ2n) is 3.27. The maximum absolute atomic E-state index is 6.06. The van der Waals surface area contributed by atoms with Crippen molar-refractivity contribution in [1.29, 1.82) is 0 Å². The van der Waals surface area contributed by atoms with Crippen LogP contribution in [0.4, 0.5) is 0 Å². The first-order chi connectivity index (χ1) is 6.70. The summed E-state index contributed by atoms with van der Waals surface area (Å²) in [6.07, 6.45) is 3.72. The van der Waals surface area contributed by atoms with Crippen LogP contribution in [0, 0.1) is 0 Å². The first-order valence-electron chi connectivity index (χ1n) is 4.43. The van der Waals surface area contributed by atoms with Crippen LogP contribution in [0.15, 0.2) is 6.20 Å². The van der Waals surface area contributed by atoms with Gasteiger partial charge < -0.3 is 5.32 Å². The molecule has 0 unspecified atom stereocenters. The third kappa shape index (κ3) is 1.84. The highest BCUT2D eigenvalue weighted by Gasteiger charge is 2.23. The van der Waals surface area contributed by atoms with E-state index in [1.807, 2.05) is 0 Å². The highest BCUT2D eigenvalue weighted by atomic mass is 35.5. The van der Waals surface area contributed by atoms with Crippen molar-refractivity contribution < 1.29 is 0 Å². The first kappa shape index (κ1) is 10.5. The molecule has 1 saturated heterocycles. The largest absolute Gasteiger partial charge is 0.310 e. The molecule has 0 bridgehead atoms. The summed E-state index contributed by atoms with van der Waals surface area (Å²) >= 11 is 17.9. The zero-order valence-electron chi connectivity index (χ0n) is 7.36. The van der Waals surface area contributed by atoms with Crippen molar-refractivity contribution in [3.8, 4) is 0 Å². The summed E-state index contributed by atoms with van der Waals surface area (Å²) in [5, 5.41) is 4.70. The van der Waals surface area contributed by atoms with Gasteiger partial charge in [0.2, 0.25) is 0 Å². The molecule has 1 N–H and O–H groups in total. The van der Waals surface area contributed by atoms with Crippen molar-refractivity contribution in [3.05, 3.63) is 27.0 Å². The van der Waals surface area contributed by atoms with Gasteiger partial charge in [-0.2, -0.15) is 0 Å². The molecule has 2 nitrogen and oxygen atoms in total. The van der Waals surface area contributed by atoms with Gasteiger partial charge in [0.25, 0.3) is 0 Å². The van der Waals surface area contributed by atoms with Gasteiger partial charge in [-0.3, -0.25) is 0 Å². The summed E-state index contributed by atoms with van der Waals surface area (Å²) in [7, 11) is 0. The van der Waals surface area contributed by atoms with Crippen LogP contribution in [0.5, 0.6) is 0 Å². The lowest BCUT2D eigenvalue weighted by Crippen LogP contribution is -2.14. The molecule has 1 aromatic rings. The summed E-state index contributed by atoms with van der Waals surface area (Å²) in [6, 6.07) is 0.218. The first-order valence-corrected chi connectivity index (χ1v) is 5.56. The Labute approximate surface area is 97.6 Å². The lowest BCUT2D eigenvalue weighted by molar-refractivity contribution is 0.647. The lowest BCUT2D eigenvalue weighted by atomic mass is 10.1. The molecule has 1 aromatic heterocycles. The highest BCUT2D eigenvalue weighted by Crippen LogP contribution is 2.37. The number of nitrogens with one attached hydrogen (secondary N) is 1. The molecule has 76 valence electrons. The van der Waals surface area contributed by atoms with E-state index in [1.54, 1.807) is 6.20 Å². The Hall–Kier alpha value is -0.0200. The van der Waals surface area contributed by atoms with Crippen molar-refractivity contribution in [1.82, 2.24) is 10.3 Å². The van der Waals surface area contributed by atoms with E-state index < -0.39 is 0 Å². The van der Waals surface area contributed by atoms with Gasteiger partial charge in [0.1, 0.15) is 5.15 Å². The molecule has 1 atom stereocenters. The van der Waals surface area contributed by atoms with Crippen LogP contribution in [0.25, 0.3) is 0 Å². The molecule has 0 aromatic carbocycles. The monoisotopic (exact) mass is 250 g/mol. The molecule has 0 radical (unpaired) electrons. The Balaban J connectivity index is 2.44. The Morgan fingerprint density at radius 3 is 2.79 bits per heavy atom. The van der Waals surface area contributed by atoms with Crippen molar-refractivity contribution in [3.63, 3.8) is 0 Å². The summed E-state index contributed by atoms with van der Waals surface area (Å²) in [5.74, 6) is 0. The van der Waals surface area contributed by atoms with Gasteiger partial charge in [0.15, 0.2) is 0 Å². The molecule has 0 amide bonds. The zero-order chi connectivity index (χ0) is 10.1. The van der Waals surface area contributed by atoms with Crippen molar-refractivity contribution in [2.45, 2.75) is 18.9 Å². The highest BCUT2D eigenvalue weighted by molar-refractivity contribution is 6.43. The van der Waals surface area contributed by atoms with E-state index in [1.165, 1.54) is 0 Å². The summed E-state index contributed by atoms with van der Waals surface area (Å²) in [4.78, 5) is 3.88. The van der Waals surface area contributed by atoms with Crippen LogP contribution >= 0.6 is 34.8 Å². The smallest absolute Gasteiger partial charge is 0.148 e. The molecule has 2 heterocycles. The Bertz CT molecular complexity index is 348. The van der Waals surface area contributed by atoms with Crippen LogP contribution in [0.2, 0.25) is 15.2 Å². The van der Waals surface area contributed by atoms with Crippen LogP contribution in [-0.2, 0) is 0 Å². The number of rotatable bonds is 1. The van der Waals surface area contributed by atoms with Gasteiger partial charge in [0, 0.05) is 17.8 Å². The number of aromatic nitrogens is 1. The minimum Gasteiger partial charge on any atom is -0.310 e. The van der Waals surface area contributed by atoms with Crippen LogP contribution in [0.3, 0.4) is 0 Å². The zero-order valence-corrected chi connectivity index (χ0v) is 9.62. The second kappa shape index (κ2) is 4.23. The van der Waals surface area contributed by atoms with Gasteiger partial charge in [-0.1, -0.05) is 34.8 Å². The van der Waals surface area contributed by atoms with Crippen LogP contribution in [-0.4, -0.2) is 11.5 Å². The third-order valence-corrected chi connectivity index (χ3v) is 3.44. The van der Waals surface area contributed by atoms with E-state index in [0.29, 0.717) is 15.2 Å². The van der Waals surface area contributed by atoms with E-state index in [9.17, 15) is 0 Å². The third-order valence-electron chi connectivity index (χ3n) is 2.37. The number of nitrogens with zero attached hydrogens (tertiary/aromatic N) is 1. The molecule has 0 aliphatic carbocycles. The standard InChI is InChI=1S/C9H9Cl3N2/c10-5-4-14-9(12)8(11)7(5)6-2-1-3-13-6/h4,6,13H,1-3H2/t6-/m0/s1. The van der Waals surface area contributed by atoms with E-state index in [-0.39, 0.29) is 6.04 Å². The van der Waals surface area contributed by atoms with Gasteiger partial charge in [-0.05, 0) is 19.4 Å². The fraction of sp³-hybridized carbons (Fsp3) is 0.444. The predicted molar refractivity (Wildman–Crippen MR) is 59.2 cm³/mol. The maximum atomic E-state index is 6.06. The molecule has 5 heteroatoms. The Morgan fingerprint density at radius 1 is 1.36 bits per heavy atom. The molecule has 1 fully saturated rings. The van der Waals surface area contributed by atoms with E-state index >= 15 is 0 Å². The maximum Gasteiger partial charge on any atom is 0.148 e. The van der Waals surface area contributed by atoms with Gasteiger partial charge in [-0.25, -0.2) is 4.98 Å².